The molecule has 0 saturated heterocycles. The molecule has 0 radical (unpaired) electrons. The van der Waals surface area contributed by atoms with Gasteiger partial charge in [0.1, 0.15) is 0 Å². The molecule has 0 saturated carbocycles. The molecule has 0 aromatic heterocycles. The predicted octanol–water partition coefficient (Wildman–Crippen LogP) is 1.63. The van der Waals surface area contributed by atoms with Gasteiger partial charge in [-0.2, -0.15) is 4.31 Å². The molecular weight excluding hydrogens is 332 g/mol. The van der Waals surface area contributed by atoms with Crippen LogP contribution in [-0.2, 0) is 14.8 Å². The van der Waals surface area contributed by atoms with E-state index >= 15 is 0 Å². The highest BCUT2D eigenvalue weighted by atomic mass is 32.2. The zero-order valence-corrected chi connectivity index (χ0v) is 15.6. The molecule has 7 nitrogen and oxygen atoms in total. The van der Waals surface area contributed by atoms with Gasteiger partial charge in [-0.05, 0) is 25.0 Å². The molecule has 0 spiro atoms. The molecule has 0 unspecified atom stereocenters. The van der Waals surface area contributed by atoms with E-state index in [0.29, 0.717) is 11.5 Å². The van der Waals surface area contributed by atoms with Crippen LogP contribution in [0.3, 0.4) is 0 Å². The van der Waals surface area contributed by atoms with Crippen LogP contribution < -0.4 is 14.8 Å². The normalized spacial score (nSPS) is 11.6. The molecule has 1 rings (SSSR count). The SMILES string of the molecule is CCC(CC)NC(=O)CN(C)S(=O)(=O)c1ccc(OC)c(OC)c1. The summed E-state index contributed by atoms with van der Waals surface area (Å²) in [5.74, 6) is 0.425. The Morgan fingerprint density at radius 1 is 1.17 bits per heavy atom. The van der Waals surface area contributed by atoms with Crippen molar-refractivity contribution in [2.24, 2.45) is 0 Å². The van der Waals surface area contributed by atoms with Gasteiger partial charge < -0.3 is 14.8 Å². The average Bonchev–Trinajstić information content (AvgIpc) is 2.58. The standard InChI is InChI=1S/C16H26N2O5S/c1-6-12(7-2)17-16(19)11-18(3)24(20,21)13-8-9-14(22-4)15(10-13)23-5/h8-10,12H,6-7,11H2,1-5H3,(H,17,19). The Morgan fingerprint density at radius 2 is 1.75 bits per heavy atom. The summed E-state index contributed by atoms with van der Waals surface area (Å²) in [7, 11) is 0.474. The summed E-state index contributed by atoms with van der Waals surface area (Å²) in [6, 6.07) is 4.37. The number of amides is 1. The monoisotopic (exact) mass is 358 g/mol. The smallest absolute Gasteiger partial charge is 0.243 e. The number of carbonyl (C=O) groups is 1. The highest BCUT2D eigenvalue weighted by Crippen LogP contribution is 2.30. The van der Waals surface area contributed by atoms with Crippen molar-refractivity contribution in [1.82, 2.24) is 9.62 Å². The Hall–Kier alpha value is -1.80. The first kappa shape index (κ1) is 20.2. The van der Waals surface area contributed by atoms with Crippen molar-refractivity contribution in [3.63, 3.8) is 0 Å². The van der Waals surface area contributed by atoms with Crippen LogP contribution in [0.1, 0.15) is 26.7 Å². The summed E-state index contributed by atoms with van der Waals surface area (Å²) in [5.41, 5.74) is 0. The maximum atomic E-state index is 12.6. The van der Waals surface area contributed by atoms with E-state index in [1.807, 2.05) is 13.8 Å². The third-order valence-corrected chi connectivity index (χ3v) is 5.58. The number of ether oxygens (including phenoxy) is 2. The van der Waals surface area contributed by atoms with Gasteiger partial charge in [0.15, 0.2) is 11.5 Å². The van der Waals surface area contributed by atoms with Gasteiger partial charge in [0.2, 0.25) is 15.9 Å². The van der Waals surface area contributed by atoms with Crippen LogP contribution in [0, 0.1) is 0 Å². The first-order chi connectivity index (χ1) is 11.3. The zero-order valence-electron chi connectivity index (χ0n) is 14.8. The minimum absolute atomic E-state index is 0.0398. The maximum absolute atomic E-state index is 12.6. The molecule has 136 valence electrons. The maximum Gasteiger partial charge on any atom is 0.243 e. The van der Waals surface area contributed by atoms with Crippen LogP contribution in [0.2, 0.25) is 0 Å². The van der Waals surface area contributed by atoms with E-state index in [0.717, 1.165) is 17.1 Å². The summed E-state index contributed by atoms with van der Waals surface area (Å²) in [4.78, 5) is 12.1. The average molecular weight is 358 g/mol. The summed E-state index contributed by atoms with van der Waals surface area (Å²) in [6.07, 6.45) is 1.60. The third kappa shape index (κ3) is 4.85. The predicted molar refractivity (Wildman–Crippen MR) is 91.9 cm³/mol. The number of methoxy groups -OCH3 is 2. The lowest BCUT2D eigenvalue weighted by molar-refractivity contribution is -0.121. The molecular formula is C16H26N2O5S. The summed E-state index contributed by atoms with van der Waals surface area (Å²) in [6.45, 7) is 3.70. The Bertz CT molecular complexity index is 656. The van der Waals surface area contributed by atoms with Crippen LogP contribution >= 0.6 is 0 Å². The Morgan fingerprint density at radius 3 is 2.25 bits per heavy atom. The van der Waals surface area contributed by atoms with Crippen molar-refractivity contribution < 1.29 is 22.7 Å². The Balaban J connectivity index is 2.93. The van der Waals surface area contributed by atoms with Crippen molar-refractivity contribution in [1.29, 1.82) is 0 Å². The van der Waals surface area contributed by atoms with Crippen molar-refractivity contribution in [2.75, 3.05) is 27.8 Å². The second-order valence-electron chi connectivity index (χ2n) is 5.36. The van der Waals surface area contributed by atoms with Crippen molar-refractivity contribution >= 4 is 15.9 Å². The van der Waals surface area contributed by atoms with Crippen LogP contribution in [0.4, 0.5) is 0 Å². The largest absolute Gasteiger partial charge is 0.493 e. The quantitative estimate of drug-likeness (QED) is 0.725. The minimum Gasteiger partial charge on any atom is -0.493 e. The molecule has 0 aliphatic rings. The molecule has 1 N–H and O–H groups in total. The number of benzene rings is 1. The van der Waals surface area contributed by atoms with Crippen molar-refractivity contribution in [3.05, 3.63) is 18.2 Å². The highest BCUT2D eigenvalue weighted by Gasteiger charge is 2.25. The van der Waals surface area contributed by atoms with Crippen LogP contribution in [0.25, 0.3) is 0 Å². The van der Waals surface area contributed by atoms with Gasteiger partial charge in [-0.3, -0.25) is 4.79 Å². The lowest BCUT2D eigenvalue weighted by Gasteiger charge is -2.20. The zero-order chi connectivity index (χ0) is 18.3. The lowest BCUT2D eigenvalue weighted by atomic mass is 10.2. The van der Waals surface area contributed by atoms with Gasteiger partial charge in [0.25, 0.3) is 0 Å². The molecule has 1 amide bonds. The van der Waals surface area contributed by atoms with E-state index in [-0.39, 0.29) is 23.4 Å². The van der Waals surface area contributed by atoms with Gasteiger partial charge in [-0.25, -0.2) is 8.42 Å². The number of hydrogen-bond donors (Lipinski definition) is 1. The van der Waals surface area contributed by atoms with Crippen LogP contribution in [0.15, 0.2) is 23.1 Å². The Labute approximate surface area is 144 Å². The van der Waals surface area contributed by atoms with E-state index in [2.05, 4.69) is 5.32 Å². The molecule has 0 fully saturated rings. The van der Waals surface area contributed by atoms with Gasteiger partial charge in [0.05, 0.1) is 25.7 Å². The fourth-order valence-electron chi connectivity index (χ4n) is 2.21. The number of hydrogen-bond acceptors (Lipinski definition) is 5. The number of nitrogens with zero attached hydrogens (tertiary/aromatic N) is 1. The van der Waals surface area contributed by atoms with Gasteiger partial charge in [0, 0.05) is 19.2 Å². The number of sulfonamides is 1. The van der Waals surface area contributed by atoms with Gasteiger partial charge >= 0.3 is 0 Å². The minimum atomic E-state index is -3.80. The first-order valence-electron chi connectivity index (χ1n) is 7.77. The van der Waals surface area contributed by atoms with Crippen molar-refractivity contribution in [2.45, 2.75) is 37.6 Å². The van der Waals surface area contributed by atoms with E-state index < -0.39 is 10.0 Å². The second kappa shape index (κ2) is 8.89. The second-order valence-corrected chi connectivity index (χ2v) is 7.40. The number of likely N-dealkylation sites (N-methyl/N-ethyl adjacent to an activating group) is 1. The molecule has 0 aliphatic heterocycles. The number of carbonyl (C=O) groups excluding carboxylic acids is 1. The topological polar surface area (TPSA) is 84.9 Å². The van der Waals surface area contributed by atoms with Gasteiger partial charge in [-0.1, -0.05) is 13.8 Å². The van der Waals surface area contributed by atoms with Gasteiger partial charge in [-0.15, -0.1) is 0 Å². The molecule has 8 heteroatoms. The highest BCUT2D eigenvalue weighted by molar-refractivity contribution is 7.89. The fraction of sp³-hybridized carbons (Fsp3) is 0.562. The van der Waals surface area contributed by atoms with E-state index in [9.17, 15) is 13.2 Å². The molecule has 1 aromatic carbocycles. The molecule has 24 heavy (non-hydrogen) atoms. The lowest BCUT2D eigenvalue weighted by Crippen LogP contribution is -2.42. The fourth-order valence-corrected chi connectivity index (χ4v) is 3.35. The third-order valence-electron chi connectivity index (χ3n) is 3.78. The molecule has 0 aliphatic carbocycles. The number of nitrogens with one attached hydrogen (secondary N) is 1. The number of rotatable bonds is 9. The summed E-state index contributed by atoms with van der Waals surface area (Å²) < 4.78 is 36.5. The molecule has 0 bridgehead atoms. The summed E-state index contributed by atoms with van der Waals surface area (Å²) >= 11 is 0. The molecule has 1 aromatic rings. The van der Waals surface area contributed by atoms with Crippen LogP contribution in [0.5, 0.6) is 11.5 Å². The van der Waals surface area contributed by atoms with Crippen molar-refractivity contribution in [3.8, 4) is 11.5 Å². The summed E-state index contributed by atoms with van der Waals surface area (Å²) in [5, 5.41) is 2.82. The molecule has 0 atom stereocenters. The van der Waals surface area contributed by atoms with E-state index in [1.54, 1.807) is 0 Å². The van der Waals surface area contributed by atoms with Crippen LogP contribution in [-0.4, -0.2) is 52.5 Å². The molecule has 0 heterocycles. The van der Waals surface area contributed by atoms with E-state index in [1.165, 1.54) is 39.5 Å². The Kier molecular flexibility index (Phi) is 7.50. The first-order valence-corrected chi connectivity index (χ1v) is 9.21. The van der Waals surface area contributed by atoms with E-state index in [4.69, 9.17) is 9.47 Å².